The maximum absolute atomic E-state index is 11.8. The summed E-state index contributed by atoms with van der Waals surface area (Å²) in [7, 11) is 0. The van der Waals surface area contributed by atoms with Gasteiger partial charge < -0.3 is 9.84 Å². The molecule has 1 saturated heterocycles. The fourth-order valence-electron chi connectivity index (χ4n) is 2.49. The zero-order valence-corrected chi connectivity index (χ0v) is 11.7. The Balaban J connectivity index is 1.90. The van der Waals surface area contributed by atoms with Crippen molar-refractivity contribution >= 4 is 11.8 Å². The lowest BCUT2D eigenvalue weighted by Crippen LogP contribution is -2.25. The number of aromatic nitrogens is 1. The van der Waals surface area contributed by atoms with E-state index >= 15 is 0 Å². The fourth-order valence-corrected chi connectivity index (χ4v) is 2.49. The summed E-state index contributed by atoms with van der Waals surface area (Å²) in [6, 6.07) is 9.70. The van der Waals surface area contributed by atoms with Gasteiger partial charge in [0.1, 0.15) is 6.10 Å². The van der Waals surface area contributed by atoms with Gasteiger partial charge in [0.15, 0.2) is 0 Å². The first-order valence-corrected chi connectivity index (χ1v) is 6.79. The Morgan fingerprint density at radius 1 is 1.43 bits per heavy atom. The van der Waals surface area contributed by atoms with Crippen LogP contribution in [0.4, 0.5) is 10.5 Å². The van der Waals surface area contributed by atoms with Gasteiger partial charge in [-0.2, -0.15) is 0 Å². The molecule has 3 rings (SSSR count). The summed E-state index contributed by atoms with van der Waals surface area (Å²) < 4.78 is 5.06. The van der Waals surface area contributed by atoms with Crippen LogP contribution in [0.15, 0.2) is 42.7 Å². The van der Waals surface area contributed by atoms with Gasteiger partial charge in [-0.05, 0) is 36.2 Å². The number of carbonyl (C=O) groups is 1. The van der Waals surface area contributed by atoms with Crippen molar-refractivity contribution < 1.29 is 14.6 Å². The minimum absolute atomic E-state index is 0.158. The van der Waals surface area contributed by atoms with Crippen LogP contribution in [0.2, 0.25) is 0 Å². The van der Waals surface area contributed by atoms with E-state index in [1.54, 1.807) is 11.1 Å². The molecule has 108 valence electrons. The Kier molecular flexibility index (Phi) is 3.58. The van der Waals surface area contributed by atoms with Gasteiger partial charge in [-0.1, -0.05) is 12.1 Å². The van der Waals surface area contributed by atoms with E-state index < -0.39 is 12.2 Å². The molecule has 0 saturated carbocycles. The van der Waals surface area contributed by atoms with Gasteiger partial charge in [0, 0.05) is 23.6 Å². The molecule has 0 bridgehead atoms. The van der Waals surface area contributed by atoms with Crippen molar-refractivity contribution in [3.05, 3.63) is 48.3 Å². The van der Waals surface area contributed by atoms with Crippen LogP contribution in [0, 0.1) is 6.92 Å². The largest absolute Gasteiger partial charge is 0.441 e. The number of hydrogen-bond donors (Lipinski definition) is 1. The second-order valence-corrected chi connectivity index (χ2v) is 5.04. The lowest BCUT2D eigenvalue weighted by Gasteiger charge is -2.15. The third-order valence-corrected chi connectivity index (χ3v) is 3.57. The molecule has 1 amide bonds. The van der Waals surface area contributed by atoms with Crippen LogP contribution in [0.5, 0.6) is 0 Å². The summed E-state index contributed by atoms with van der Waals surface area (Å²) in [4.78, 5) is 17.5. The normalized spacial score (nSPS) is 17.9. The number of cyclic esters (lactones) is 1. The second-order valence-electron chi connectivity index (χ2n) is 5.04. The van der Waals surface area contributed by atoms with Crippen LogP contribution in [0.25, 0.3) is 11.1 Å². The molecule has 1 aromatic heterocycles. The van der Waals surface area contributed by atoms with Crippen LogP contribution in [-0.4, -0.2) is 35.4 Å². The van der Waals surface area contributed by atoms with Gasteiger partial charge in [-0.15, -0.1) is 0 Å². The molecule has 1 aromatic carbocycles. The number of pyridine rings is 1. The van der Waals surface area contributed by atoms with E-state index in [4.69, 9.17) is 9.84 Å². The number of nitrogens with zero attached hydrogens (tertiary/aromatic N) is 2. The number of benzene rings is 1. The molecular weight excluding hydrogens is 268 g/mol. The van der Waals surface area contributed by atoms with Crippen molar-refractivity contribution in [3.8, 4) is 11.1 Å². The van der Waals surface area contributed by atoms with Gasteiger partial charge in [-0.3, -0.25) is 9.88 Å². The summed E-state index contributed by atoms with van der Waals surface area (Å²) >= 11 is 0. The standard InChI is InChI=1S/C16H16N2O3/c1-11-7-13(18-9-14(10-19)21-16(18)20)4-5-15(11)12-3-2-6-17-8-12/h2-8,14,19H,9-10H2,1H3/t14-/m1/s1. The van der Waals surface area contributed by atoms with E-state index in [-0.39, 0.29) is 6.61 Å². The molecule has 5 nitrogen and oxygen atoms in total. The smallest absolute Gasteiger partial charge is 0.414 e. The van der Waals surface area contributed by atoms with Gasteiger partial charge in [0.05, 0.1) is 13.2 Å². The average Bonchev–Trinajstić information content (AvgIpc) is 2.89. The van der Waals surface area contributed by atoms with Crippen LogP contribution in [0.3, 0.4) is 0 Å². The first kappa shape index (κ1) is 13.6. The lowest BCUT2D eigenvalue weighted by molar-refractivity contribution is 0.0963. The highest BCUT2D eigenvalue weighted by molar-refractivity contribution is 5.90. The molecule has 1 aliphatic rings. The van der Waals surface area contributed by atoms with Crippen molar-refractivity contribution in [2.45, 2.75) is 13.0 Å². The van der Waals surface area contributed by atoms with Crippen molar-refractivity contribution in [2.24, 2.45) is 0 Å². The zero-order chi connectivity index (χ0) is 14.8. The van der Waals surface area contributed by atoms with Crippen molar-refractivity contribution in [2.75, 3.05) is 18.1 Å². The maximum Gasteiger partial charge on any atom is 0.414 e. The summed E-state index contributed by atoms with van der Waals surface area (Å²) in [5.41, 5.74) is 3.96. The molecule has 1 N–H and O–H groups in total. The van der Waals surface area contributed by atoms with Crippen LogP contribution in [0.1, 0.15) is 5.56 Å². The van der Waals surface area contributed by atoms with Crippen LogP contribution < -0.4 is 4.90 Å². The van der Waals surface area contributed by atoms with Crippen LogP contribution >= 0.6 is 0 Å². The number of amides is 1. The van der Waals surface area contributed by atoms with Gasteiger partial charge in [0.2, 0.25) is 0 Å². The quantitative estimate of drug-likeness (QED) is 0.940. The first-order chi connectivity index (χ1) is 10.2. The molecule has 5 heteroatoms. The van der Waals surface area contributed by atoms with Gasteiger partial charge in [0.25, 0.3) is 0 Å². The molecule has 1 fully saturated rings. The maximum atomic E-state index is 11.8. The number of hydrogen-bond acceptors (Lipinski definition) is 4. The Bertz CT molecular complexity index is 658. The van der Waals surface area contributed by atoms with Gasteiger partial charge in [-0.25, -0.2) is 4.79 Å². The van der Waals surface area contributed by atoms with Crippen molar-refractivity contribution in [1.29, 1.82) is 0 Å². The minimum atomic E-state index is -0.448. The predicted octanol–water partition coefficient (Wildman–Crippen LogP) is 2.37. The molecule has 1 aliphatic heterocycles. The molecule has 0 aliphatic carbocycles. The summed E-state index contributed by atoms with van der Waals surface area (Å²) in [6.45, 7) is 2.22. The number of rotatable bonds is 3. The Morgan fingerprint density at radius 2 is 2.29 bits per heavy atom. The molecule has 0 radical (unpaired) electrons. The number of ether oxygens (including phenoxy) is 1. The summed E-state index contributed by atoms with van der Waals surface area (Å²) in [5.74, 6) is 0. The molecule has 1 atom stereocenters. The monoisotopic (exact) mass is 284 g/mol. The number of anilines is 1. The van der Waals surface area contributed by atoms with E-state index in [0.717, 1.165) is 22.4 Å². The highest BCUT2D eigenvalue weighted by Gasteiger charge is 2.31. The molecular formula is C16H16N2O3. The first-order valence-electron chi connectivity index (χ1n) is 6.79. The van der Waals surface area contributed by atoms with Gasteiger partial charge >= 0.3 is 6.09 Å². The zero-order valence-electron chi connectivity index (χ0n) is 11.7. The number of aryl methyl sites for hydroxylation is 1. The van der Waals surface area contributed by atoms with E-state index in [2.05, 4.69) is 4.98 Å². The Hall–Kier alpha value is -2.40. The third-order valence-electron chi connectivity index (χ3n) is 3.57. The van der Waals surface area contributed by atoms with E-state index in [1.165, 1.54) is 0 Å². The molecule has 2 aromatic rings. The SMILES string of the molecule is Cc1cc(N2C[C@H](CO)OC2=O)ccc1-c1cccnc1. The Labute approximate surface area is 122 Å². The van der Waals surface area contributed by atoms with Crippen molar-refractivity contribution in [1.82, 2.24) is 4.98 Å². The average molecular weight is 284 g/mol. The highest BCUT2D eigenvalue weighted by Crippen LogP contribution is 2.29. The van der Waals surface area contributed by atoms with Crippen molar-refractivity contribution in [3.63, 3.8) is 0 Å². The van der Waals surface area contributed by atoms with E-state index in [0.29, 0.717) is 6.54 Å². The summed E-state index contributed by atoms with van der Waals surface area (Å²) in [6.07, 6.45) is 2.69. The number of aliphatic hydroxyl groups is 1. The van der Waals surface area contributed by atoms with E-state index in [9.17, 15) is 4.79 Å². The molecule has 2 heterocycles. The van der Waals surface area contributed by atoms with E-state index in [1.807, 2.05) is 43.5 Å². The predicted molar refractivity (Wildman–Crippen MR) is 79.1 cm³/mol. The fraction of sp³-hybridized carbons (Fsp3) is 0.250. The highest BCUT2D eigenvalue weighted by atomic mass is 16.6. The lowest BCUT2D eigenvalue weighted by atomic mass is 10.0. The molecule has 21 heavy (non-hydrogen) atoms. The minimum Gasteiger partial charge on any atom is -0.441 e. The van der Waals surface area contributed by atoms with Crippen LogP contribution in [-0.2, 0) is 4.74 Å². The molecule has 0 unspecified atom stereocenters. The topological polar surface area (TPSA) is 62.7 Å². The molecule has 0 spiro atoms. The second kappa shape index (κ2) is 5.54. The Morgan fingerprint density at radius 3 is 2.90 bits per heavy atom. The number of carbonyl (C=O) groups excluding carboxylic acids is 1. The third kappa shape index (κ3) is 2.60. The summed E-state index contributed by atoms with van der Waals surface area (Å²) in [5, 5.41) is 9.09. The number of aliphatic hydroxyl groups excluding tert-OH is 1.